The highest BCUT2D eigenvalue weighted by atomic mass is 16.2. The maximum Gasteiger partial charge on any atom is 0.246 e. The summed E-state index contributed by atoms with van der Waals surface area (Å²) in [6.07, 6.45) is 10.9. The number of carbonyl (C=O) groups excluding carboxylic acids is 8. The van der Waals surface area contributed by atoms with Crippen molar-refractivity contribution < 1.29 is 38.4 Å². The second kappa shape index (κ2) is 26.7. The highest BCUT2D eigenvalue weighted by Gasteiger charge is 2.40. The highest BCUT2D eigenvalue weighted by Crippen LogP contribution is 2.27. The van der Waals surface area contributed by atoms with Crippen LogP contribution in [0.15, 0.2) is 29.5 Å². The number of hydrogen-bond donors (Lipinski definition) is 9. The van der Waals surface area contributed by atoms with Crippen LogP contribution in [0.5, 0.6) is 0 Å². The molecule has 356 valence electrons. The van der Waals surface area contributed by atoms with E-state index in [1.807, 2.05) is 27.7 Å². The lowest BCUT2D eigenvalue weighted by Gasteiger charge is -2.31. The van der Waals surface area contributed by atoms with Crippen LogP contribution in [0.4, 0.5) is 0 Å². The minimum Gasteiger partial charge on any atom is -0.370 e. The molecule has 20 nitrogen and oxygen atoms in total. The van der Waals surface area contributed by atoms with Gasteiger partial charge in [0.2, 0.25) is 47.3 Å². The Bertz CT molecular complexity index is 1770. The average Bonchev–Trinajstić information content (AvgIpc) is 3.73. The number of guanidine groups is 1. The fourth-order valence-electron chi connectivity index (χ4n) is 8.22. The van der Waals surface area contributed by atoms with Crippen LogP contribution in [-0.4, -0.2) is 112 Å². The topological polar surface area (TPSA) is 329 Å². The third-order valence-corrected chi connectivity index (χ3v) is 11.5. The van der Waals surface area contributed by atoms with Crippen LogP contribution in [0.2, 0.25) is 0 Å². The Labute approximate surface area is 376 Å². The van der Waals surface area contributed by atoms with E-state index in [2.05, 4.69) is 36.6 Å². The number of nitrogens with one attached hydrogen (secondary N) is 5. The summed E-state index contributed by atoms with van der Waals surface area (Å²) in [7, 11) is 0. The number of likely N-dealkylation sites (tertiary alicyclic amines) is 1. The second-order valence-corrected chi connectivity index (χ2v) is 17.9. The normalized spacial score (nSPS) is 17.6. The quantitative estimate of drug-likeness (QED) is 0.0336. The van der Waals surface area contributed by atoms with Crippen molar-refractivity contribution in [1.82, 2.24) is 36.5 Å². The van der Waals surface area contributed by atoms with Crippen LogP contribution in [0, 0.1) is 17.8 Å². The van der Waals surface area contributed by atoms with Crippen molar-refractivity contribution >= 4 is 53.2 Å². The minimum absolute atomic E-state index is 0.00188. The Hall–Kier alpha value is -5.82. The first kappa shape index (κ1) is 52.5. The second-order valence-electron chi connectivity index (χ2n) is 17.9. The van der Waals surface area contributed by atoms with Gasteiger partial charge in [0, 0.05) is 38.3 Å². The van der Waals surface area contributed by atoms with Crippen molar-refractivity contribution in [1.29, 1.82) is 0 Å². The maximum absolute atomic E-state index is 14.6. The highest BCUT2D eigenvalue weighted by molar-refractivity contribution is 5.98. The van der Waals surface area contributed by atoms with Gasteiger partial charge in [-0.1, -0.05) is 65.9 Å². The number of aliphatic imine (C=N–C) groups is 1. The van der Waals surface area contributed by atoms with E-state index in [1.165, 1.54) is 24.2 Å². The third-order valence-electron chi connectivity index (χ3n) is 11.5. The molecule has 1 saturated heterocycles. The summed E-state index contributed by atoms with van der Waals surface area (Å²) in [6.45, 7) is 7.96. The van der Waals surface area contributed by atoms with Gasteiger partial charge in [0.1, 0.15) is 36.3 Å². The monoisotopic (exact) mass is 897 g/mol. The molecule has 1 aromatic heterocycles. The number of pyridine rings is 1. The number of primary amides is 2. The summed E-state index contributed by atoms with van der Waals surface area (Å²) in [4.78, 5) is 116. The molecule has 2 heterocycles. The van der Waals surface area contributed by atoms with E-state index >= 15 is 0 Å². The molecule has 64 heavy (non-hydrogen) atoms. The molecular weight excluding hydrogens is 825 g/mol. The summed E-state index contributed by atoms with van der Waals surface area (Å²) in [5.74, 6) is -4.97. The molecule has 0 bridgehead atoms. The molecular formula is C44H72N12O8. The number of hydrogen-bond acceptors (Lipinski definition) is 10. The Kier molecular flexibility index (Phi) is 21.9. The maximum atomic E-state index is 14.6. The van der Waals surface area contributed by atoms with Crippen molar-refractivity contribution in [3.63, 3.8) is 0 Å². The lowest BCUT2D eigenvalue weighted by Crippen LogP contribution is -2.60. The van der Waals surface area contributed by atoms with Crippen LogP contribution in [0.3, 0.4) is 0 Å². The number of rotatable bonds is 26. The minimum atomic E-state index is -1.44. The Morgan fingerprint density at radius 2 is 1.36 bits per heavy atom. The first-order chi connectivity index (χ1) is 30.3. The molecule has 1 saturated carbocycles. The molecule has 8 amide bonds. The fourth-order valence-corrected chi connectivity index (χ4v) is 8.22. The van der Waals surface area contributed by atoms with Crippen LogP contribution in [0.1, 0.15) is 123 Å². The van der Waals surface area contributed by atoms with Crippen molar-refractivity contribution in [3.05, 3.63) is 30.1 Å². The SMILES string of the molecule is CC(C)C[C@H](NC(=O)CCC1CCCCC1)C(=O)N[C@@H](CC(C)C)C(=O)N[C@@H](Cc1cccnc1)C(=O)N1CCC[C@H]1C(=O)N[C@@H](CCCN=C(N)N)C(=O)N[C@@H](CC(N)=O)C(N)=O. The number of aromatic nitrogens is 1. The predicted octanol–water partition coefficient (Wildman–Crippen LogP) is -0.0939. The smallest absolute Gasteiger partial charge is 0.246 e. The summed E-state index contributed by atoms with van der Waals surface area (Å²) in [5.41, 5.74) is 22.1. The molecule has 0 unspecified atom stereocenters. The van der Waals surface area contributed by atoms with E-state index in [4.69, 9.17) is 22.9 Å². The molecule has 0 spiro atoms. The van der Waals surface area contributed by atoms with Gasteiger partial charge < -0.3 is 54.4 Å². The molecule has 1 aliphatic carbocycles. The first-order valence-corrected chi connectivity index (χ1v) is 22.7. The van der Waals surface area contributed by atoms with Gasteiger partial charge in [-0.05, 0) is 74.3 Å². The number of carbonyl (C=O) groups is 8. The molecule has 2 fully saturated rings. The largest absolute Gasteiger partial charge is 0.370 e. The lowest BCUT2D eigenvalue weighted by atomic mass is 9.86. The van der Waals surface area contributed by atoms with E-state index in [0.717, 1.165) is 19.3 Å². The Balaban J connectivity index is 1.83. The van der Waals surface area contributed by atoms with Crippen LogP contribution in [-0.2, 0) is 44.8 Å². The zero-order valence-electron chi connectivity index (χ0n) is 37.9. The fraction of sp³-hybridized carbons (Fsp3) is 0.682. The molecule has 0 radical (unpaired) electrons. The molecule has 6 atom stereocenters. The number of amides is 8. The van der Waals surface area contributed by atoms with E-state index < -0.39 is 84.0 Å². The molecule has 13 N–H and O–H groups in total. The molecule has 0 aromatic carbocycles. The van der Waals surface area contributed by atoms with E-state index in [9.17, 15) is 38.4 Å². The van der Waals surface area contributed by atoms with E-state index in [1.54, 1.807) is 24.5 Å². The van der Waals surface area contributed by atoms with Crippen LogP contribution < -0.4 is 49.5 Å². The average molecular weight is 897 g/mol. The van der Waals surface area contributed by atoms with Crippen molar-refractivity contribution in [3.8, 4) is 0 Å². The summed E-state index contributed by atoms with van der Waals surface area (Å²) in [6, 6.07) is -3.47. The van der Waals surface area contributed by atoms with Gasteiger partial charge in [-0.15, -0.1) is 0 Å². The third kappa shape index (κ3) is 18.5. The van der Waals surface area contributed by atoms with Gasteiger partial charge in [0.15, 0.2) is 5.96 Å². The number of nitrogens with zero attached hydrogens (tertiary/aromatic N) is 3. The molecule has 1 aliphatic heterocycles. The predicted molar refractivity (Wildman–Crippen MR) is 240 cm³/mol. The molecule has 2 aliphatic rings. The van der Waals surface area contributed by atoms with Gasteiger partial charge in [0.05, 0.1) is 6.42 Å². The first-order valence-electron chi connectivity index (χ1n) is 22.7. The van der Waals surface area contributed by atoms with E-state index in [-0.39, 0.29) is 68.9 Å². The standard InChI is InChI=1S/C44H72N12O8/c1-26(2)21-32(51-37(58)17-16-28-11-6-5-7-12-28)40(61)54-33(22-27(3)4)41(62)55-34(23-29-13-8-18-49-25-29)43(64)56-20-10-15-35(56)42(63)52-30(14-9-19-50-44(47)48)39(60)53-31(38(46)59)24-36(45)57/h8,13,18,25-28,30-35H,5-7,9-12,14-17,19-24H2,1-4H3,(H2,45,57)(H2,46,59)(H,51,58)(H,52,63)(H,53,60)(H,54,61)(H,55,62)(H4,47,48,50)/t30-,31-,32-,33-,34-,35-/m0/s1. The molecule has 3 rings (SSSR count). The van der Waals surface area contributed by atoms with Crippen LogP contribution >= 0.6 is 0 Å². The Morgan fingerprint density at radius 3 is 1.94 bits per heavy atom. The Morgan fingerprint density at radius 1 is 0.750 bits per heavy atom. The van der Waals surface area contributed by atoms with Gasteiger partial charge >= 0.3 is 0 Å². The van der Waals surface area contributed by atoms with Crippen molar-refractivity contribution in [2.75, 3.05) is 13.1 Å². The van der Waals surface area contributed by atoms with Gasteiger partial charge in [-0.3, -0.25) is 48.3 Å². The summed E-state index contributed by atoms with van der Waals surface area (Å²) in [5, 5.41) is 13.7. The van der Waals surface area contributed by atoms with Gasteiger partial charge in [-0.25, -0.2) is 0 Å². The zero-order valence-corrected chi connectivity index (χ0v) is 37.9. The molecule has 1 aromatic rings. The van der Waals surface area contributed by atoms with Crippen molar-refractivity contribution in [2.45, 2.75) is 160 Å². The van der Waals surface area contributed by atoms with Gasteiger partial charge in [0.25, 0.3) is 0 Å². The van der Waals surface area contributed by atoms with Crippen LogP contribution in [0.25, 0.3) is 0 Å². The lowest BCUT2D eigenvalue weighted by molar-refractivity contribution is -0.142. The summed E-state index contributed by atoms with van der Waals surface area (Å²) >= 11 is 0. The summed E-state index contributed by atoms with van der Waals surface area (Å²) < 4.78 is 0. The van der Waals surface area contributed by atoms with Crippen molar-refractivity contribution in [2.24, 2.45) is 45.7 Å². The van der Waals surface area contributed by atoms with E-state index in [0.29, 0.717) is 30.7 Å². The zero-order chi connectivity index (χ0) is 47.3. The number of nitrogens with two attached hydrogens (primary N) is 4. The van der Waals surface area contributed by atoms with Gasteiger partial charge in [-0.2, -0.15) is 0 Å². The molecule has 20 heteroatoms.